The number of esters is 9. The number of hydrogen-bond donors (Lipinski definition) is 0. The lowest BCUT2D eigenvalue weighted by Gasteiger charge is -2.29. The minimum atomic E-state index is -4.34. The molecule has 0 aromatic rings. The molecule has 0 aromatic heterocycles. The number of carboxylic acids is 3. The van der Waals surface area contributed by atoms with Crippen LogP contribution in [-0.2, 0) is 128 Å². The van der Waals surface area contributed by atoms with Gasteiger partial charge in [0.05, 0.1) is 92.8 Å². The number of carboxylic acid groups (broad SMARTS) is 3. The quantitative estimate of drug-likeness (QED) is 0.0139. The van der Waals surface area contributed by atoms with Gasteiger partial charge in [0.25, 0.3) is 7.82 Å². The van der Waals surface area contributed by atoms with E-state index < -0.39 is 49.6 Å². The molecule has 0 bridgehead atoms. The fraction of sp³-hybridized carbons (Fsp3) is 0.618. The summed E-state index contributed by atoms with van der Waals surface area (Å²) >= 11 is 0. The van der Waals surface area contributed by atoms with Crippen molar-refractivity contribution in [2.24, 2.45) is 0 Å². The number of nitrogens with zero attached hydrogens (tertiary/aromatic N) is 4. The number of phosphoric acid groups is 1. The highest BCUT2D eigenvalue weighted by Crippen LogP contribution is 2.37. The number of ether oxygens (including phenoxy) is 12. The number of likely N-dealkylation sites (N-methyl/N-ethyl adjacent to an activating group) is 4. The first-order valence-electron chi connectivity index (χ1n) is 40.3. The SMILES string of the molecule is C=C(C)C(=O)OCCCC.C=C(C)C(=O)OCCCCCCCCCCCC.C=C(C)C(=O)OCCN(C)C.C=C(C)C(=O)OCCN(CC)CC.C=C(C)C(=O)OCCOC.C=C(C)C(=O)OCCOP(=O)([O-])OCC[N+](C)(C)C.C=C(C)C(=O)OCC[N+](C)(C)CC(=O)[O-].C=C(C)C(=O)[O-].C=CC(=O)OCCOC.C=CC(=O)OCCOC.C=CC(=O)[O-]. The molecule has 0 saturated heterocycles. The molecule has 0 saturated carbocycles. The molecule has 1 unspecified atom stereocenters. The number of aliphatic carboxylic acids is 3. The second kappa shape index (κ2) is 95.3. The van der Waals surface area contributed by atoms with Crippen LogP contribution in [0.5, 0.6) is 0 Å². The molecule has 0 spiro atoms. The summed E-state index contributed by atoms with van der Waals surface area (Å²) in [6, 6.07) is 0. The summed E-state index contributed by atoms with van der Waals surface area (Å²) in [4.78, 5) is 141. The molecule has 0 rings (SSSR count). The fourth-order valence-corrected chi connectivity index (χ4v) is 7.08. The molecule has 1 atom stereocenters. The van der Waals surface area contributed by atoms with Crippen LogP contribution in [-0.4, -0.2) is 299 Å². The van der Waals surface area contributed by atoms with Crippen LogP contribution in [0.4, 0.5) is 0 Å². The molecule has 0 aliphatic rings. The van der Waals surface area contributed by atoms with E-state index in [1.54, 1.807) is 77.0 Å². The van der Waals surface area contributed by atoms with Gasteiger partial charge in [0.2, 0.25) is 0 Å². The van der Waals surface area contributed by atoms with E-state index >= 15 is 0 Å². The molecule has 0 amide bonds. The fourth-order valence-electron chi connectivity index (χ4n) is 6.40. The second-order valence-corrected chi connectivity index (χ2v) is 29.8. The van der Waals surface area contributed by atoms with E-state index in [1.807, 2.05) is 40.1 Å². The van der Waals surface area contributed by atoms with Gasteiger partial charge in [-0.1, -0.05) is 164 Å². The lowest BCUT2D eigenvalue weighted by molar-refractivity contribution is -0.884. The standard InChI is InChI=1S/C16H30O2.C11H22NO6P.C10H17NO4.C10H19NO2.C8H15NO2.C8H14O2.C7H12O3.2C6H10O3.C4H6O2.C3H4O2/c1-4-5-6-7-8-9-10-11-12-13-14-18-16(17)15(2)3;1-10(2)11(13)16-8-9-18-19(14,15)17-7-6-12(3,4)5;1-8(2)10(14)15-6-5-11(3,4)7-9(12)13;1-5-11(6-2)7-8-13-10(12)9(3)4;1-7(2)8(10)11-6-5-9(3)4;1-4-5-6-10-8(9)7(2)3;1-6(2)7(8)10-5-4-9-3;2*1-3-6(7)9-5-4-8-2;1-3(2)4(5)6;1-2-3(4)5/h2,4-14H2,1,3H3;1,6-9H2,2-5H3;1,5-7H2,2-4H3;3,5-8H2,1-2,4H3;1,5-6H2,2-4H3;2,4-6H2,1,3H3;1,4-5H2,2-3H3;2*3H,1,4-5H2,2H3;1H2,2H3,(H,5,6);2H,1H2,(H,4,5)/p-2. The van der Waals surface area contributed by atoms with E-state index in [0.29, 0.717) is 117 Å². The summed E-state index contributed by atoms with van der Waals surface area (Å²) in [5.74, 6) is -6.92. The molecule has 0 heterocycles. The third-order valence-electron chi connectivity index (χ3n) is 13.7. The zero-order chi connectivity index (χ0) is 99.6. The summed E-state index contributed by atoms with van der Waals surface area (Å²) < 4.78 is 78.2. The van der Waals surface area contributed by atoms with E-state index in [4.69, 9.17) is 33.6 Å². The Bertz CT molecular complexity index is 3080. The number of quaternary nitrogens is 2. The van der Waals surface area contributed by atoms with Gasteiger partial charge in [0.15, 0.2) is 0 Å². The number of rotatable bonds is 55. The van der Waals surface area contributed by atoms with E-state index in [-0.39, 0.29) is 78.4 Å². The van der Waals surface area contributed by atoms with E-state index in [1.165, 1.54) is 71.6 Å². The van der Waals surface area contributed by atoms with Gasteiger partial charge < -0.3 is 119 Å². The van der Waals surface area contributed by atoms with Crippen LogP contribution in [0.2, 0.25) is 0 Å². The predicted octanol–water partition coefficient (Wildman–Crippen LogP) is 8.00. The summed E-state index contributed by atoms with van der Waals surface area (Å²) in [6.45, 7) is 66.0. The summed E-state index contributed by atoms with van der Waals surface area (Å²) in [6.07, 6.45) is 17.9. The van der Waals surface area contributed by atoms with Crippen molar-refractivity contribution in [1.82, 2.24) is 9.80 Å². The normalized spacial score (nSPS) is 10.2. The van der Waals surface area contributed by atoms with Crippen LogP contribution in [0.15, 0.2) is 135 Å². The van der Waals surface area contributed by atoms with Gasteiger partial charge in [0.1, 0.15) is 72.5 Å². The Morgan fingerprint density at radius 2 is 0.624 bits per heavy atom. The molecule has 0 fully saturated rings. The Morgan fingerprint density at radius 3 is 0.896 bits per heavy atom. The minimum absolute atomic E-state index is 0.0375. The summed E-state index contributed by atoms with van der Waals surface area (Å²) in [7, 11) is 13.3. The van der Waals surface area contributed by atoms with Crippen LogP contribution < -0.4 is 20.2 Å². The average Bonchev–Trinajstić information content (AvgIpc) is 0.933. The van der Waals surface area contributed by atoms with Crippen molar-refractivity contribution in [2.75, 3.05) is 209 Å². The molecular formula is C89H157N4O31P-2. The number of hydrogen-bond acceptors (Lipinski definition) is 33. The van der Waals surface area contributed by atoms with Gasteiger partial charge in [-0.05, 0) is 107 Å². The van der Waals surface area contributed by atoms with Gasteiger partial charge in [0, 0.05) is 85.6 Å². The van der Waals surface area contributed by atoms with Crippen molar-refractivity contribution in [1.29, 1.82) is 0 Å². The van der Waals surface area contributed by atoms with Crippen LogP contribution in [0, 0.1) is 0 Å². The first-order valence-corrected chi connectivity index (χ1v) is 41.8. The van der Waals surface area contributed by atoms with Gasteiger partial charge >= 0.3 is 53.7 Å². The van der Waals surface area contributed by atoms with Crippen molar-refractivity contribution in [3.63, 3.8) is 0 Å². The van der Waals surface area contributed by atoms with Crippen molar-refractivity contribution in [2.45, 2.75) is 160 Å². The molecule has 0 aliphatic heterocycles. The Morgan fingerprint density at radius 1 is 0.352 bits per heavy atom. The molecule has 125 heavy (non-hydrogen) atoms. The molecule has 0 aromatic carbocycles. The second-order valence-electron chi connectivity index (χ2n) is 28.4. The van der Waals surface area contributed by atoms with E-state index in [0.717, 1.165) is 63.7 Å². The van der Waals surface area contributed by atoms with Gasteiger partial charge in [-0.25, -0.2) is 43.2 Å². The van der Waals surface area contributed by atoms with Crippen LogP contribution in [0.3, 0.4) is 0 Å². The van der Waals surface area contributed by atoms with Crippen LogP contribution in [0.1, 0.15) is 160 Å². The van der Waals surface area contributed by atoms with Gasteiger partial charge in [-0.2, -0.15) is 0 Å². The van der Waals surface area contributed by atoms with Crippen LogP contribution >= 0.6 is 7.82 Å². The summed E-state index contributed by atoms with van der Waals surface area (Å²) in [5.41, 5.74) is 2.91. The maximum absolute atomic E-state index is 11.3. The molecular weight excluding hydrogens is 1650 g/mol. The van der Waals surface area contributed by atoms with Crippen molar-refractivity contribution in [3.05, 3.63) is 135 Å². The highest BCUT2D eigenvalue weighted by atomic mass is 31.2. The lowest BCUT2D eigenvalue weighted by Crippen LogP contribution is -2.50. The molecule has 726 valence electrons. The van der Waals surface area contributed by atoms with Gasteiger partial charge in [-0.15, -0.1) is 0 Å². The number of unbranched alkanes of at least 4 members (excludes halogenated alkanes) is 10. The minimum Gasteiger partial charge on any atom is -0.756 e. The first-order chi connectivity index (χ1) is 58.0. The maximum Gasteiger partial charge on any atom is 0.333 e. The monoisotopic (exact) mass is 1810 g/mol. The largest absolute Gasteiger partial charge is 0.756 e. The third-order valence-corrected chi connectivity index (χ3v) is 14.7. The lowest BCUT2D eigenvalue weighted by atomic mass is 10.1. The first kappa shape index (κ1) is 139. The molecule has 0 aliphatic carbocycles. The Balaban J connectivity index is -0.000000129. The smallest absolute Gasteiger partial charge is 0.333 e. The van der Waals surface area contributed by atoms with Crippen molar-refractivity contribution in [3.8, 4) is 0 Å². The highest BCUT2D eigenvalue weighted by Gasteiger charge is 2.17. The topological polar surface area (TPSA) is 450 Å². The van der Waals surface area contributed by atoms with E-state index in [9.17, 15) is 72.4 Å². The molecule has 35 nitrogen and oxygen atoms in total. The Kier molecular flexibility index (Phi) is 106. The van der Waals surface area contributed by atoms with Crippen molar-refractivity contribution >= 4 is 79.5 Å². The molecule has 0 N–H and O–H groups in total. The Labute approximate surface area is 747 Å². The number of methoxy groups -OCH3 is 3. The number of carbonyl (C=O) groups excluding carboxylic acids is 12. The van der Waals surface area contributed by atoms with Crippen LogP contribution in [0.25, 0.3) is 0 Å². The van der Waals surface area contributed by atoms with E-state index in [2.05, 4.69) is 147 Å². The maximum atomic E-state index is 11.3. The average molecular weight is 1810 g/mol. The Hall–Kier alpha value is -9.39. The van der Waals surface area contributed by atoms with Crippen molar-refractivity contribution < 1.29 is 157 Å². The molecule has 0 radical (unpaired) electrons. The number of phosphoric ester groups is 1. The number of carbonyl (C=O) groups is 12. The zero-order valence-corrected chi connectivity index (χ0v) is 80.6. The molecule has 36 heteroatoms. The zero-order valence-electron chi connectivity index (χ0n) is 79.7. The highest BCUT2D eigenvalue weighted by molar-refractivity contribution is 7.45. The summed E-state index contributed by atoms with van der Waals surface area (Å²) in [5, 5.41) is 29.0. The van der Waals surface area contributed by atoms with Gasteiger partial charge in [-0.3, -0.25) is 4.57 Å². The predicted molar refractivity (Wildman–Crippen MR) is 476 cm³/mol. The third kappa shape index (κ3) is 130.